The van der Waals surface area contributed by atoms with Crippen LogP contribution in [0.4, 0.5) is 0 Å². The number of aromatic amines is 1. The van der Waals surface area contributed by atoms with Gasteiger partial charge in [-0.05, 0) is 48.4 Å². The van der Waals surface area contributed by atoms with Crippen LogP contribution in [-0.4, -0.2) is 36.7 Å². The highest BCUT2D eigenvalue weighted by Gasteiger charge is 2.29. The van der Waals surface area contributed by atoms with Gasteiger partial charge in [0.15, 0.2) is 5.82 Å². The molecule has 5 rings (SSSR count). The summed E-state index contributed by atoms with van der Waals surface area (Å²) < 4.78 is 0. The van der Waals surface area contributed by atoms with E-state index in [4.69, 9.17) is 4.98 Å². The Bertz CT molecular complexity index is 1300. The van der Waals surface area contributed by atoms with Gasteiger partial charge in [-0.15, -0.1) is 0 Å². The number of nitrogens with one attached hydrogen (secondary N) is 1. The maximum atomic E-state index is 12.3. The van der Waals surface area contributed by atoms with E-state index in [0.29, 0.717) is 5.82 Å². The molecule has 0 saturated carbocycles. The fraction of sp³-hybridized carbons (Fsp3) is 0.208. The number of nitrogens with zero attached hydrogens (tertiary/aromatic N) is 4. The minimum absolute atomic E-state index is 0.125. The molecule has 1 aliphatic rings. The number of imidazole rings is 1. The van der Waals surface area contributed by atoms with Crippen LogP contribution in [0.2, 0.25) is 0 Å². The van der Waals surface area contributed by atoms with Gasteiger partial charge in [-0.1, -0.05) is 24.8 Å². The molecule has 8 heteroatoms. The second-order valence-electron chi connectivity index (χ2n) is 7.55. The topological polar surface area (TPSA) is 91.8 Å². The van der Waals surface area contributed by atoms with Gasteiger partial charge < -0.3 is 4.98 Å². The molecule has 0 radical (unpaired) electrons. The minimum Gasteiger partial charge on any atom is -0.337 e. The summed E-state index contributed by atoms with van der Waals surface area (Å²) in [6.45, 7) is 2.32. The minimum atomic E-state index is -0.125. The third kappa shape index (κ3) is 3.89. The lowest BCUT2D eigenvalue weighted by atomic mass is 10.2. The Morgan fingerprint density at radius 2 is 1.81 bits per heavy atom. The highest BCUT2D eigenvalue weighted by molar-refractivity contribution is 7.99. The molecular formula is C24H21N5O2S. The molecule has 160 valence electrons. The number of H-pyrrole nitrogens is 1. The zero-order valence-corrected chi connectivity index (χ0v) is 18.4. The summed E-state index contributed by atoms with van der Waals surface area (Å²) in [7, 11) is 0. The molecule has 7 nitrogen and oxygen atoms in total. The number of fused-ring (bicyclic) bond motifs is 1. The molecule has 1 aliphatic heterocycles. The lowest BCUT2D eigenvalue weighted by Crippen LogP contribution is -2.28. The quantitative estimate of drug-likeness (QED) is 0.445. The number of aromatic nitrogens is 4. The molecule has 3 aromatic heterocycles. The average molecular weight is 444 g/mol. The number of imide groups is 1. The van der Waals surface area contributed by atoms with E-state index in [1.54, 1.807) is 24.2 Å². The van der Waals surface area contributed by atoms with Crippen LogP contribution in [0.3, 0.4) is 0 Å². The maximum Gasteiger partial charge on any atom is 0.229 e. The number of hydrogen-bond donors (Lipinski definition) is 1. The summed E-state index contributed by atoms with van der Waals surface area (Å²) in [6.07, 6.45) is 4.89. The predicted octanol–water partition coefficient (Wildman–Crippen LogP) is 4.38. The van der Waals surface area contributed by atoms with E-state index in [0.717, 1.165) is 44.2 Å². The smallest absolute Gasteiger partial charge is 0.229 e. The summed E-state index contributed by atoms with van der Waals surface area (Å²) in [6, 6.07) is 13.6. The van der Waals surface area contributed by atoms with E-state index in [9.17, 15) is 9.59 Å². The first kappa shape index (κ1) is 20.4. The third-order valence-corrected chi connectivity index (χ3v) is 6.65. The van der Waals surface area contributed by atoms with Gasteiger partial charge in [-0.25, -0.2) is 4.98 Å². The van der Waals surface area contributed by atoms with Crippen LogP contribution >= 0.6 is 11.8 Å². The van der Waals surface area contributed by atoms with Crippen molar-refractivity contribution in [1.82, 2.24) is 24.8 Å². The van der Waals surface area contributed by atoms with Crippen molar-refractivity contribution in [3.8, 4) is 11.5 Å². The molecule has 1 N–H and O–H groups in total. The van der Waals surface area contributed by atoms with Crippen molar-refractivity contribution in [2.45, 2.75) is 42.5 Å². The summed E-state index contributed by atoms with van der Waals surface area (Å²) in [5.74, 6) is 0.429. The molecule has 0 aliphatic carbocycles. The van der Waals surface area contributed by atoms with Crippen molar-refractivity contribution in [2.24, 2.45) is 0 Å². The van der Waals surface area contributed by atoms with Gasteiger partial charge in [0.2, 0.25) is 11.8 Å². The van der Waals surface area contributed by atoms with Crippen LogP contribution < -0.4 is 0 Å². The molecule has 0 spiro atoms. The number of carbonyl (C=O) groups excluding carboxylic acids is 2. The first-order valence-electron chi connectivity index (χ1n) is 10.5. The summed E-state index contributed by atoms with van der Waals surface area (Å²) in [4.78, 5) is 44.8. The van der Waals surface area contributed by atoms with Crippen LogP contribution in [0, 0.1) is 0 Å². The van der Waals surface area contributed by atoms with Crippen molar-refractivity contribution < 1.29 is 9.59 Å². The summed E-state index contributed by atoms with van der Waals surface area (Å²) in [5.41, 5.74) is 4.30. The number of hydrogen-bond acceptors (Lipinski definition) is 6. The standard InChI is InChI=1S/C24H21N5O2S/c1-2-16-20(7-5-11-25-16)32-21-13-19-18(27-24(28-19)17-6-3-4-10-26-17)12-15(21)14-29-22(30)8-9-23(29)31/h3-7,10-13H,2,8-9,14H2,1H3,(H,27,28). The molecule has 0 bridgehead atoms. The van der Waals surface area contributed by atoms with Crippen LogP contribution in [0.15, 0.2) is 64.6 Å². The van der Waals surface area contributed by atoms with Crippen LogP contribution in [0.1, 0.15) is 31.0 Å². The molecule has 1 fully saturated rings. The Labute approximate surface area is 189 Å². The molecule has 2 amide bonds. The van der Waals surface area contributed by atoms with Gasteiger partial charge >= 0.3 is 0 Å². The van der Waals surface area contributed by atoms with Crippen LogP contribution in [0.5, 0.6) is 0 Å². The molecule has 32 heavy (non-hydrogen) atoms. The second kappa shape index (κ2) is 8.55. The van der Waals surface area contributed by atoms with Crippen LogP contribution in [0.25, 0.3) is 22.6 Å². The average Bonchev–Trinajstić information content (AvgIpc) is 3.38. The lowest BCUT2D eigenvalue weighted by molar-refractivity contribution is -0.139. The Morgan fingerprint density at radius 1 is 1.00 bits per heavy atom. The Kier molecular flexibility index (Phi) is 5.45. The lowest BCUT2D eigenvalue weighted by Gasteiger charge is -2.17. The largest absolute Gasteiger partial charge is 0.337 e. The predicted molar refractivity (Wildman–Crippen MR) is 122 cm³/mol. The SMILES string of the molecule is CCc1ncccc1Sc1cc2nc(-c3ccccn3)[nH]c2cc1CN1C(=O)CCC1=O. The van der Waals surface area contributed by atoms with Crippen molar-refractivity contribution in [3.05, 3.63) is 66.1 Å². The maximum absolute atomic E-state index is 12.3. The monoisotopic (exact) mass is 443 g/mol. The van der Waals surface area contributed by atoms with E-state index in [1.165, 1.54) is 4.90 Å². The first-order valence-corrected chi connectivity index (χ1v) is 11.3. The zero-order valence-electron chi connectivity index (χ0n) is 17.5. The number of carbonyl (C=O) groups is 2. The third-order valence-electron chi connectivity index (χ3n) is 5.46. The van der Waals surface area contributed by atoms with Gasteiger partial charge in [0.25, 0.3) is 0 Å². The van der Waals surface area contributed by atoms with Crippen molar-refractivity contribution >= 4 is 34.6 Å². The Balaban J connectivity index is 1.59. The van der Waals surface area contributed by atoms with Crippen molar-refractivity contribution in [3.63, 3.8) is 0 Å². The molecule has 0 unspecified atom stereocenters. The molecule has 0 atom stereocenters. The molecule has 1 aromatic carbocycles. The fourth-order valence-corrected chi connectivity index (χ4v) is 4.92. The van der Waals surface area contributed by atoms with E-state index < -0.39 is 0 Å². The van der Waals surface area contributed by atoms with Gasteiger partial charge in [0.1, 0.15) is 5.69 Å². The van der Waals surface area contributed by atoms with Gasteiger partial charge in [0, 0.05) is 35.0 Å². The fourth-order valence-electron chi connectivity index (χ4n) is 3.79. The molecule has 1 saturated heterocycles. The van der Waals surface area contributed by atoms with Gasteiger partial charge in [-0.3, -0.25) is 24.5 Å². The van der Waals surface area contributed by atoms with E-state index in [2.05, 4.69) is 21.9 Å². The van der Waals surface area contributed by atoms with E-state index in [1.807, 2.05) is 42.5 Å². The Hall–Kier alpha value is -3.52. The molecule has 4 aromatic rings. The number of rotatable bonds is 6. The van der Waals surface area contributed by atoms with Gasteiger partial charge in [-0.2, -0.15) is 0 Å². The van der Waals surface area contributed by atoms with Crippen molar-refractivity contribution in [2.75, 3.05) is 0 Å². The van der Waals surface area contributed by atoms with Crippen molar-refractivity contribution in [1.29, 1.82) is 0 Å². The number of amides is 2. The molecule has 4 heterocycles. The van der Waals surface area contributed by atoms with E-state index in [-0.39, 0.29) is 31.2 Å². The number of aryl methyl sites for hydroxylation is 1. The highest BCUT2D eigenvalue weighted by atomic mass is 32.2. The van der Waals surface area contributed by atoms with Crippen LogP contribution in [-0.2, 0) is 22.6 Å². The van der Waals surface area contributed by atoms with Gasteiger partial charge in [0.05, 0.1) is 23.3 Å². The Morgan fingerprint density at radius 3 is 2.56 bits per heavy atom. The second-order valence-corrected chi connectivity index (χ2v) is 8.64. The molecular weight excluding hydrogens is 422 g/mol. The summed E-state index contributed by atoms with van der Waals surface area (Å²) in [5, 5.41) is 0. The number of benzene rings is 1. The normalized spacial score (nSPS) is 14.0. The first-order chi connectivity index (χ1) is 15.6. The highest BCUT2D eigenvalue weighted by Crippen LogP contribution is 2.36. The number of likely N-dealkylation sites (tertiary alicyclic amines) is 1. The zero-order chi connectivity index (χ0) is 22.1. The number of pyridine rings is 2. The van der Waals surface area contributed by atoms with E-state index >= 15 is 0 Å². The summed E-state index contributed by atoms with van der Waals surface area (Å²) >= 11 is 1.59.